The van der Waals surface area contributed by atoms with Gasteiger partial charge in [0, 0.05) is 22.7 Å². The normalized spacial score (nSPS) is 14.3. The van der Waals surface area contributed by atoms with Crippen molar-refractivity contribution in [2.24, 2.45) is 0 Å². The molecule has 0 radical (unpaired) electrons. The number of aryl methyl sites for hydroxylation is 1. The van der Waals surface area contributed by atoms with Crippen molar-refractivity contribution in [3.8, 4) is 21.9 Å². The first-order chi connectivity index (χ1) is 23.9. The molecule has 2 aliphatic rings. The smallest absolute Gasteiger partial charge is 0.414 e. The van der Waals surface area contributed by atoms with E-state index in [9.17, 15) is 5.11 Å². The molecule has 0 amide bonds. The standard InChI is InChI=1S/C33H38N2O2S.2C2H2O4/c1-24-20-25(6-7-27(24)23-35-16-4-5-17-35)21-31-30-13-10-28(36)22-32(30)38-33(31)26-8-11-29(12-9-26)37-19-18-34-14-2-3-15-34;2*3-1(4)2(5)6/h6-13,20,22,36H,2-5,14-19,21,23H2,1H3;2*(H,3,4)(H,5,6). The second-order valence-electron chi connectivity index (χ2n) is 12.2. The van der Waals surface area contributed by atoms with E-state index in [0.717, 1.165) is 36.6 Å². The summed E-state index contributed by atoms with van der Waals surface area (Å²) in [7, 11) is 0. The van der Waals surface area contributed by atoms with E-state index >= 15 is 0 Å². The van der Waals surface area contributed by atoms with Gasteiger partial charge in [-0.15, -0.1) is 11.3 Å². The Morgan fingerprint density at radius 1 is 0.740 bits per heavy atom. The molecule has 50 heavy (non-hydrogen) atoms. The molecule has 0 bridgehead atoms. The van der Waals surface area contributed by atoms with E-state index in [-0.39, 0.29) is 0 Å². The van der Waals surface area contributed by atoms with E-state index in [1.54, 1.807) is 11.3 Å². The number of hydrogen-bond acceptors (Lipinski definition) is 9. The highest BCUT2D eigenvalue weighted by Crippen LogP contribution is 2.41. The van der Waals surface area contributed by atoms with Crippen LogP contribution in [-0.4, -0.2) is 98.5 Å². The summed E-state index contributed by atoms with van der Waals surface area (Å²) in [5.41, 5.74) is 6.69. The predicted octanol–water partition coefficient (Wildman–Crippen LogP) is 5.55. The lowest BCUT2D eigenvalue weighted by molar-refractivity contribution is -0.159. The average molecular weight is 707 g/mol. The molecule has 12 nitrogen and oxygen atoms in total. The lowest BCUT2D eigenvalue weighted by Crippen LogP contribution is -2.25. The first-order valence-corrected chi connectivity index (χ1v) is 17.2. The van der Waals surface area contributed by atoms with Crippen molar-refractivity contribution < 1.29 is 49.4 Å². The monoisotopic (exact) mass is 706 g/mol. The summed E-state index contributed by atoms with van der Waals surface area (Å²) >= 11 is 1.77. The fourth-order valence-corrected chi connectivity index (χ4v) is 7.24. The summed E-state index contributed by atoms with van der Waals surface area (Å²) in [6.07, 6.45) is 6.15. The third-order valence-electron chi connectivity index (χ3n) is 8.51. The quantitative estimate of drug-likeness (QED) is 0.137. The summed E-state index contributed by atoms with van der Waals surface area (Å²) in [4.78, 5) is 42.7. The third-order valence-corrected chi connectivity index (χ3v) is 9.76. The minimum absolute atomic E-state index is 0.320. The van der Waals surface area contributed by atoms with Gasteiger partial charge in [0.05, 0.1) is 0 Å². The van der Waals surface area contributed by atoms with Crippen molar-refractivity contribution in [2.45, 2.75) is 45.6 Å². The van der Waals surface area contributed by atoms with Gasteiger partial charge in [-0.2, -0.15) is 0 Å². The zero-order valence-corrected chi connectivity index (χ0v) is 28.7. The molecular weight excluding hydrogens is 664 g/mol. The number of phenolic OH excluding ortho intramolecular Hbond substituents is 1. The molecule has 2 aliphatic heterocycles. The number of phenols is 1. The molecular formula is C37H42N2O10S. The molecule has 2 fully saturated rings. The van der Waals surface area contributed by atoms with Gasteiger partial charge in [-0.25, -0.2) is 19.2 Å². The summed E-state index contributed by atoms with van der Waals surface area (Å²) in [5.74, 6) is -6.05. The van der Waals surface area contributed by atoms with Gasteiger partial charge in [-0.3, -0.25) is 9.80 Å². The maximum atomic E-state index is 10.2. The Hall–Kier alpha value is -4.98. The number of nitrogens with zero attached hydrogens (tertiary/aromatic N) is 2. The minimum Gasteiger partial charge on any atom is -0.508 e. The molecule has 0 spiro atoms. The first kappa shape index (κ1) is 37.8. The van der Waals surface area contributed by atoms with Crippen LogP contribution in [0.3, 0.4) is 0 Å². The summed E-state index contributed by atoms with van der Waals surface area (Å²) in [6.45, 7) is 9.90. The molecule has 2 saturated heterocycles. The summed E-state index contributed by atoms with van der Waals surface area (Å²) < 4.78 is 7.18. The van der Waals surface area contributed by atoms with Crippen LogP contribution in [0.25, 0.3) is 20.5 Å². The minimum atomic E-state index is -1.82. The molecule has 1 aromatic heterocycles. The van der Waals surface area contributed by atoms with Crippen molar-refractivity contribution >= 4 is 45.3 Å². The number of carbonyl (C=O) groups is 4. The first-order valence-electron chi connectivity index (χ1n) is 16.3. The van der Waals surface area contributed by atoms with E-state index in [1.165, 1.54) is 89.9 Å². The van der Waals surface area contributed by atoms with Gasteiger partial charge >= 0.3 is 23.9 Å². The van der Waals surface area contributed by atoms with Crippen LogP contribution in [0.1, 0.15) is 47.9 Å². The maximum Gasteiger partial charge on any atom is 0.414 e. The molecule has 266 valence electrons. The van der Waals surface area contributed by atoms with Crippen LogP contribution < -0.4 is 4.74 Å². The highest BCUT2D eigenvalue weighted by atomic mass is 32.1. The van der Waals surface area contributed by atoms with Gasteiger partial charge in [0.2, 0.25) is 0 Å². The SMILES string of the molecule is Cc1cc(Cc2c(-c3ccc(OCCN4CCCC4)cc3)sc3cc(O)ccc23)ccc1CN1CCCC1.O=C(O)C(=O)O.O=C(O)C(=O)O. The topological polar surface area (TPSA) is 185 Å². The molecule has 4 aromatic rings. The number of aliphatic carboxylic acids is 4. The molecule has 3 heterocycles. The van der Waals surface area contributed by atoms with Gasteiger partial charge in [0.15, 0.2) is 0 Å². The molecule has 0 atom stereocenters. The number of likely N-dealkylation sites (tertiary alicyclic amines) is 2. The van der Waals surface area contributed by atoms with Crippen molar-refractivity contribution in [1.29, 1.82) is 0 Å². The molecule has 3 aromatic carbocycles. The number of fused-ring (bicyclic) bond motifs is 1. The summed E-state index contributed by atoms with van der Waals surface area (Å²) in [5, 5.41) is 40.9. The second-order valence-corrected chi connectivity index (χ2v) is 13.2. The Bertz CT molecular complexity index is 1740. The van der Waals surface area contributed by atoms with Crippen LogP contribution in [0.15, 0.2) is 60.7 Å². The molecule has 0 unspecified atom stereocenters. The Labute approximate surface area is 293 Å². The number of thiophene rings is 1. The molecule has 5 N–H and O–H groups in total. The third kappa shape index (κ3) is 11.0. The molecule has 13 heteroatoms. The van der Waals surface area contributed by atoms with Crippen LogP contribution in [-0.2, 0) is 32.1 Å². The van der Waals surface area contributed by atoms with Crippen molar-refractivity contribution in [3.63, 3.8) is 0 Å². The van der Waals surface area contributed by atoms with Gasteiger partial charge in [0.25, 0.3) is 0 Å². The lowest BCUT2D eigenvalue weighted by atomic mass is 9.96. The van der Waals surface area contributed by atoms with Crippen LogP contribution in [0.4, 0.5) is 0 Å². The number of carboxylic acids is 4. The van der Waals surface area contributed by atoms with Crippen LogP contribution in [0, 0.1) is 6.92 Å². The number of rotatable bonds is 9. The number of hydrogen-bond donors (Lipinski definition) is 5. The maximum absolute atomic E-state index is 10.2. The molecule has 0 aliphatic carbocycles. The molecule has 0 saturated carbocycles. The van der Waals surface area contributed by atoms with Crippen LogP contribution in [0.5, 0.6) is 11.5 Å². The van der Waals surface area contributed by atoms with Gasteiger partial charge in [-0.05, 0) is 141 Å². The van der Waals surface area contributed by atoms with E-state index in [0.29, 0.717) is 5.75 Å². The fraction of sp³-hybridized carbons (Fsp3) is 0.351. The zero-order valence-electron chi connectivity index (χ0n) is 27.8. The van der Waals surface area contributed by atoms with Gasteiger partial charge in [0.1, 0.15) is 18.1 Å². The lowest BCUT2D eigenvalue weighted by Gasteiger charge is -2.17. The Kier molecular flexibility index (Phi) is 13.7. The number of ether oxygens (including phenoxy) is 1. The van der Waals surface area contributed by atoms with E-state index in [4.69, 9.17) is 44.3 Å². The van der Waals surface area contributed by atoms with Crippen LogP contribution >= 0.6 is 11.3 Å². The molecule has 6 rings (SSSR count). The second kappa shape index (κ2) is 18.1. The van der Waals surface area contributed by atoms with E-state index in [2.05, 4.69) is 65.3 Å². The van der Waals surface area contributed by atoms with Gasteiger partial charge < -0.3 is 30.3 Å². The number of aromatic hydroxyl groups is 1. The van der Waals surface area contributed by atoms with Crippen molar-refractivity contribution in [1.82, 2.24) is 9.80 Å². The van der Waals surface area contributed by atoms with E-state index < -0.39 is 23.9 Å². The van der Waals surface area contributed by atoms with Gasteiger partial charge in [-0.1, -0.05) is 18.2 Å². The average Bonchev–Trinajstić information content (AvgIpc) is 3.86. The predicted molar refractivity (Wildman–Crippen MR) is 189 cm³/mol. The number of carboxylic acid groups (broad SMARTS) is 4. The number of benzene rings is 3. The highest BCUT2D eigenvalue weighted by molar-refractivity contribution is 7.22. The Morgan fingerprint density at radius 3 is 1.88 bits per heavy atom. The highest BCUT2D eigenvalue weighted by Gasteiger charge is 2.17. The largest absolute Gasteiger partial charge is 0.508 e. The Balaban J connectivity index is 0.000000404. The van der Waals surface area contributed by atoms with Crippen molar-refractivity contribution in [2.75, 3.05) is 39.3 Å². The van der Waals surface area contributed by atoms with E-state index in [1.807, 2.05) is 12.1 Å². The van der Waals surface area contributed by atoms with Crippen molar-refractivity contribution in [3.05, 3.63) is 82.9 Å². The Morgan fingerprint density at radius 2 is 1.32 bits per heavy atom. The summed E-state index contributed by atoms with van der Waals surface area (Å²) in [6, 6.07) is 21.4. The fourth-order valence-electron chi connectivity index (χ4n) is 5.98. The zero-order chi connectivity index (χ0) is 36.2. The van der Waals surface area contributed by atoms with Crippen LogP contribution in [0.2, 0.25) is 0 Å².